The highest BCUT2D eigenvalue weighted by Gasteiger charge is 2.38. The van der Waals surface area contributed by atoms with E-state index < -0.39 is 5.41 Å². The molecule has 2 rings (SSSR count). The number of hydrogen-bond donors (Lipinski definition) is 2. The molecule has 0 spiro atoms. The normalized spacial score (nSPS) is 17.8. The third-order valence-corrected chi connectivity index (χ3v) is 3.86. The smallest absolute Gasteiger partial charge is 0.234 e. The summed E-state index contributed by atoms with van der Waals surface area (Å²) in [7, 11) is 1.95. The number of carbonyl (C=O) groups is 1. The van der Waals surface area contributed by atoms with Gasteiger partial charge in [-0.1, -0.05) is 12.1 Å². The average Bonchev–Trinajstić information content (AvgIpc) is 2.50. The summed E-state index contributed by atoms with van der Waals surface area (Å²) in [6.45, 7) is 8.19. The van der Waals surface area contributed by atoms with Crippen LogP contribution in [0.3, 0.4) is 0 Å². The molecule has 17 heavy (non-hydrogen) atoms. The molecular weight excluding hydrogens is 212 g/mol. The van der Waals surface area contributed by atoms with Crippen LogP contribution in [0.25, 0.3) is 0 Å². The van der Waals surface area contributed by atoms with Crippen molar-refractivity contribution >= 4 is 11.6 Å². The molecule has 1 amide bonds. The largest absolute Gasteiger partial charge is 0.325 e. The summed E-state index contributed by atoms with van der Waals surface area (Å²) in [6.07, 6.45) is 0. The number of fused-ring (bicyclic) bond motifs is 1. The predicted molar refractivity (Wildman–Crippen MR) is 70.2 cm³/mol. The van der Waals surface area contributed by atoms with Gasteiger partial charge < -0.3 is 10.6 Å². The maximum atomic E-state index is 11.9. The van der Waals surface area contributed by atoms with E-state index in [0.29, 0.717) is 0 Å². The predicted octanol–water partition coefficient (Wildman–Crippen LogP) is 2.37. The van der Waals surface area contributed by atoms with Crippen LogP contribution in [0.1, 0.15) is 38.8 Å². The summed E-state index contributed by atoms with van der Waals surface area (Å²) < 4.78 is 0. The van der Waals surface area contributed by atoms with Crippen molar-refractivity contribution in [2.75, 3.05) is 12.4 Å². The molecule has 1 heterocycles. The maximum Gasteiger partial charge on any atom is 0.234 e. The fraction of sp³-hybridized carbons (Fsp3) is 0.500. The van der Waals surface area contributed by atoms with Crippen LogP contribution in [-0.4, -0.2) is 13.0 Å². The Hall–Kier alpha value is -1.35. The summed E-state index contributed by atoms with van der Waals surface area (Å²) in [5.41, 5.74) is 2.70. The van der Waals surface area contributed by atoms with Gasteiger partial charge in [-0.05, 0) is 51.9 Å². The van der Waals surface area contributed by atoms with Gasteiger partial charge in [0.05, 0.1) is 5.41 Å². The number of rotatable bonds is 2. The van der Waals surface area contributed by atoms with Crippen molar-refractivity contribution in [1.82, 2.24) is 5.32 Å². The molecule has 2 N–H and O–H groups in total. The van der Waals surface area contributed by atoms with Gasteiger partial charge in [-0.25, -0.2) is 0 Å². The summed E-state index contributed by atoms with van der Waals surface area (Å²) >= 11 is 0. The first-order valence-corrected chi connectivity index (χ1v) is 5.94. The quantitative estimate of drug-likeness (QED) is 0.822. The minimum absolute atomic E-state index is 0.0758. The number of benzene rings is 1. The van der Waals surface area contributed by atoms with Crippen molar-refractivity contribution < 1.29 is 4.79 Å². The van der Waals surface area contributed by atoms with Crippen LogP contribution in [0, 0.1) is 0 Å². The van der Waals surface area contributed by atoms with E-state index in [1.165, 1.54) is 5.56 Å². The zero-order valence-electron chi connectivity index (χ0n) is 11.1. The molecule has 1 aromatic rings. The molecule has 0 aromatic heterocycles. The summed E-state index contributed by atoms with van der Waals surface area (Å²) in [5, 5.41) is 6.21. The van der Waals surface area contributed by atoms with Crippen molar-refractivity contribution in [2.45, 2.75) is 38.6 Å². The lowest BCUT2D eigenvalue weighted by atomic mass is 9.83. The Morgan fingerprint density at radius 2 is 1.94 bits per heavy atom. The van der Waals surface area contributed by atoms with E-state index in [0.717, 1.165) is 11.3 Å². The Morgan fingerprint density at radius 1 is 1.29 bits per heavy atom. The lowest BCUT2D eigenvalue weighted by Crippen LogP contribution is -2.33. The van der Waals surface area contributed by atoms with Crippen molar-refractivity contribution in [1.29, 1.82) is 0 Å². The van der Waals surface area contributed by atoms with Crippen LogP contribution in [0.15, 0.2) is 18.2 Å². The third kappa shape index (κ3) is 1.75. The standard InChI is InChI=1S/C14H20N2O/c1-13(2)10-8-9(14(3,4)15-5)6-7-11(10)16-12(13)17/h6-8,15H,1-5H3,(H,16,17). The van der Waals surface area contributed by atoms with Crippen LogP contribution in [0.5, 0.6) is 0 Å². The molecule has 0 unspecified atom stereocenters. The molecule has 1 aromatic carbocycles. The number of amides is 1. The van der Waals surface area contributed by atoms with Gasteiger partial charge in [-0.2, -0.15) is 0 Å². The Kier molecular flexibility index (Phi) is 2.54. The molecule has 0 saturated carbocycles. The van der Waals surface area contributed by atoms with Gasteiger partial charge in [0.2, 0.25) is 5.91 Å². The molecule has 0 saturated heterocycles. The van der Waals surface area contributed by atoms with E-state index >= 15 is 0 Å². The monoisotopic (exact) mass is 232 g/mol. The molecule has 3 heteroatoms. The second-order valence-electron chi connectivity index (χ2n) is 5.71. The molecular formula is C14H20N2O. The first-order chi connectivity index (χ1) is 7.79. The van der Waals surface area contributed by atoms with Gasteiger partial charge in [0, 0.05) is 11.2 Å². The van der Waals surface area contributed by atoms with Crippen LogP contribution in [0.2, 0.25) is 0 Å². The van der Waals surface area contributed by atoms with E-state index in [1.54, 1.807) is 0 Å². The van der Waals surface area contributed by atoms with Crippen molar-refractivity contribution in [2.24, 2.45) is 0 Å². The second-order valence-corrected chi connectivity index (χ2v) is 5.71. The molecule has 3 nitrogen and oxygen atoms in total. The maximum absolute atomic E-state index is 11.9. The Labute approximate surface area is 103 Å². The molecule has 92 valence electrons. The minimum Gasteiger partial charge on any atom is -0.325 e. The topological polar surface area (TPSA) is 41.1 Å². The van der Waals surface area contributed by atoms with Crippen LogP contribution >= 0.6 is 0 Å². The van der Waals surface area contributed by atoms with Gasteiger partial charge in [0.25, 0.3) is 0 Å². The van der Waals surface area contributed by atoms with E-state index in [9.17, 15) is 4.79 Å². The van der Waals surface area contributed by atoms with Crippen molar-refractivity contribution in [3.05, 3.63) is 29.3 Å². The number of hydrogen-bond acceptors (Lipinski definition) is 2. The van der Waals surface area contributed by atoms with E-state index in [2.05, 4.69) is 36.6 Å². The fourth-order valence-corrected chi connectivity index (χ4v) is 2.10. The highest BCUT2D eigenvalue weighted by Crippen LogP contribution is 2.39. The highest BCUT2D eigenvalue weighted by atomic mass is 16.2. The van der Waals surface area contributed by atoms with Crippen LogP contribution < -0.4 is 10.6 Å². The fourth-order valence-electron chi connectivity index (χ4n) is 2.10. The molecule has 0 bridgehead atoms. The van der Waals surface area contributed by atoms with Gasteiger partial charge in [0.15, 0.2) is 0 Å². The number of anilines is 1. The van der Waals surface area contributed by atoms with Crippen LogP contribution in [0.4, 0.5) is 5.69 Å². The average molecular weight is 232 g/mol. The first kappa shape index (κ1) is 12.1. The van der Waals surface area contributed by atoms with E-state index in [4.69, 9.17) is 0 Å². The molecule has 1 aliphatic heterocycles. The molecule has 0 radical (unpaired) electrons. The summed E-state index contributed by atoms with van der Waals surface area (Å²) in [4.78, 5) is 11.9. The molecule has 0 atom stereocenters. The van der Waals surface area contributed by atoms with Crippen LogP contribution in [-0.2, 0) is 15.7 Å². The minimum atomic E-state index is -0.435. The second kappa shape index (κ2) is 3.57. The Morgan fingerprint density at radius 3 is 2.53 bits per heavy atom. The van der Waals surface area contributed by atoms with Crippen molar-refractivity contribution in [3.8, 4) is 0 Å². The lowest BCUT2D eigenvalue weighted by molar-refractivity contribution is -0.119. The Bertz CT molecular complexity index is 475. The molecule has 0 aliphatic carbocycles. The number of nitrogens with one attached hydrogen (secondary N) is 2. The zero-order chi connectivity index (χ0) is 12.8. The van der Waals surface area contributed by atoms with E-state index in [1.807, 2.05) is 27.0 Å². The third-order valence-electron chi connectivity index (χ3n) is 3.86. The van der Waals surface area contributed by atoms with Gasteiger partial charge in [-0.15, -0.1) is 0 Å². The van der Waals surface area contributed by atoms with Gasteiger partial charge in [0.1, 0.15) is 0 Å². The van der Waals surface area contributed by atoms with Gasteiger partial charge >= 0.3 is 0 Å². The zero-order valence-corrected chi connectivity index (χ0v) is 11.1. The highest BCUT2D eigenvalue weighted by molar-refractivity contribution is 6.05. The summed E-state index contributed by atoms with van der Waals surface area (Å²) in [5.74, 6) is 0.0758. The SMILES string of the molecule is CNC(C)(C)c1ccc2c(c1)C(C)(C)C(=O)N2. The first-order valence-electron chi connectivity index (χ1n) is 5.94. The lowest BCUT2D eigenvalue weighted by Gasteiger charge is -2.26. The van der Waals surface area contributed by atoms with Gasteiger partial charge in [-0.3, -0.25) is 4.79 Å². The van der Waals surface area contributed by atoms with Crippen molar-refractivity contribution in [3.63, 3.8) is 0 Å². The van der Waals surface area contributed by atoms with E-state index in [-0.39, 0.29) is 11.4 Å². The summed E-state index contributed by atoms with van der Waals surface area (Å²) in [6, 6.07) is 6.19. The molecule has 1 aliphatic rings. The molecule has 0 fully saturated rings. The Balaban J connectivity index is 2.53. The number of carbonyl (C=O) groups excluding carboxylic acids is 1.